The van der Waals surface area contributed by atoms with E-state index in [1.165, 1.54) is 12.8 Å². The van der Waals surface area contributed by atoms with Crippen LogP contribution in [-0.2, 0) is 0 Å². The minimum Gasteiger partial charge on any atom is -0.341 e. The number of H-pyrrole nitrogens is 2. The second-order valence-electron chi connectivity index (χ2n) is 8.53. The Hall–Kier alpha value is -3.36. The average molecular weight is 427 g/mol. The first-order valence-electron chi connectivity index (χ1n) is 11.3. The van der Waals surface area contributed by atoms with E-state index in [0.29, 0.717) is 12.1 Å². The molecular weight excluding hydrogens is 400 g/mol. The van der Waals surface area contributed by atoms with Crippen LogP contribution in [0, 0.1) is 0 Å². The molecule has 2 saturated heterocycles. The van der Waals surface area contributed by atoms with E-state index in [-0.39, 0.29) is 0 Å². The van der Waals surface area contributed by atoms with E-state index in [9.17, 15) is 0 Å². The molecule has 4 aromatic rings. The normalized spacial score (nSPS) is 20.8. The van der Waals surface area contributed by atoms with Crippen molar-refractivity contribution in [3.05, 3.63) is 60.7 Å². The van der Waals surface area contributed by atoms with Gasteiger partial charge in [0.25, 0.3) is 0 Å². The topological polar surface area (TPSA) is 107 Å². The third-order valence-electron chi connectivity index (χ3n) is 6.39. The zero-order valence-electron chi connectivity index (χ0n) is 17.8. The lowest BCUT2D eigenvalue weighted by Gasteiger charge is -2.06. The van der Waals surface area contributed by atoms with E-state index in [4.69, 9.17) is 0 Å². The summed E-state index contributed by atoms with van der Waals surface area (Å²) in [6.45, 7) is 2.11. The van der Waals surface area contributed by atoms with Crippen molar-refractivity contribution in [1.29, 1.82) is 0 Å². The Labute approximate surface area is 186 Å². The van der Waals surface area contributed by atoms with Crippen LogP contribution in [0.2, 0.25) is 0 Å². The van der Waals surface area contributed by atoms with Gasteiger partial charge >= 0.3 is 0 Å². The Morgan fingerprint density at radius 2 is 1.16 bits per heavy atom. The molecule has 2 atom stereocenters. The number of imidazole rings is 2. The number of aromatic nitrogens is 6. The van der Waals surface area contributed by atoms with E-state index in [1.54, 1.807) is 6.20 Å². The highest BCUT2D eigenvalue weighted by atomic mass is 15.0. The molecule has 0 aliphatic carbocycles. The summed E-state index contributed by atoms with van der Waals surface area (Å²) >= 11 is 0. The van der Waals surface area contributed by atoms with Gasteiger partial charge in [-0.25, -0.2) is 9.97 Å². The van der Waals surface area contributed by atoms with Gasteiger partial charge in [0, 0.05) is 5.56 Å². The monoisotopic (exact) mass is 426 g/mol. The van der Waals surface area contributed by atoms with Crippen LogP contribution in [0.25, 0.3) is 33.9 Å². The number of nitrogens with one attached hydrogen (secondary N) is 4. The molecule has 6 rings (SSSR count). The standard InChI is InChI=1S/C24H26N8/c1-3-17(25-9-1)23-29-12-20(31-23)16-7-5-15(6-8-16)19-11-28-21(13-27-19)22-14-30-24(32-22)18-4-2-10-26-18/h5-8,11-14,17-18,25-26H,1-4,9-10H2,(H,29,31)(H,30,32)/t17-,18-/m0/s1. The van der Waals surface area contributed by atoms with Crippen LogP contribution in [-0.4, -0.2) is 43.0 Å². The first-order valence-corrected chi connectivity index (χ1v) is 11.3. The van der Waals surface area contributed by atoms with Crippen LogP contribution in [0.5, 0.6) is 0 Å². The van der Waals surface area contributed by atoms with Crippen molar-refractivity contribution in [3.8, 4) is 33.9 Å². The Bertz CT molecular complexity index is 1080. The molecule has 8 nitrogen and oxygen atoms in total. The summed E-state index contributed by atoms with van der Waals surface area (Å²) in [5.74, 6) is 2.00. The van der Waals surface area contributed by atoms with Gasteiger partial charge in [-0.05, 0) is 44.3 Å². The fourth-order valence-electron chi connectivity index (χ4n) is 4.58. The molecule has 3 aromatic heterocycles. The molecule has 8 heteroatoms. The lowest BCUT2D eigenvalue weighted by Crippen LogP contribution is -2.14. The van der Waals surface area contributed by atoms with E-state index in [1.807, 2.05) is 18.6 Å². The first-order chi connectivity index (χ1) is 15.8. The summed E-state index contributed by atoms with van der Waals surface area (Å²) in [6.07, 6.45) is 12.0. The van der Waals surface area contributed by atoms with Crippen LogP contribution in [0.3, 0.4) is 0 Å². The smallest absolute Gasteiger partial charge is 0.123 e. The summed E-state index contributed by atoms with van der Waals surface area (Å²) in [6, 6.07) is 9.01. The minimum atomic E-state index is 0.315. The Morgan fingerprint density at radius 3 is 1.75 bits per heavy atom. The zero-order chi connectivity index (χ0) is 21.3. The predicted molar refractivity (Wildman–Crippen MR) is 123 cm³/mol. The molecule has 2 fully saturated rings. The maximum absolute atomic E-state index is 4.64. The highest BCUT2D eigenvalue weighted by Gasteiger charge is 2.20. The van der Waals surface area contributed by atoms with Crippen molar-refractivity contribution >= 4 is 0 Å². The second-order valence-corrected chi connectivity index (χ2v) is 8.53. The SMILES string of the molecule is c1cc(-c2cnc([C@@H]3CCCN3)[nH]2)ccc1-c1cnc(-c2cnc([C@@H]3CCCN3)[nH]2)cn1. The average Bonchev–Trinajstić information content (AvgIpc) is 3.66. The fourth-order valence-corrected chi connectivity index (χ4v) is 4.58. The summed E-state index contributed by atoms with van der Waals surface area (Å²) in [4.78, 5) is 25.2. The Balaban J connectivity index is 1.17. The summed E-state index contributed by atoms with van der Waals surface area (Å²) in [5, 5.41) is 6.94. The molecule has 0 saturated carbocycles. The summed E-state index contributed by atoms with van der Waals surface area (Å²) in [5.41, 5.74) is 5.72. The molecule has 0 spiro atoms. The number of rotatable bonds is 5. The van der Waals surface area contributed by atoms with Gasteiger partial charge < -0.3 is 20.6 Å². The van der Waals surface area contributed by atoms with E-state index in [0.717, 1.165) is 71.5 Å². The summed E-state index contributed by atoms with van der Waals surface area (Å²) in [7, 11) is 0. The molecule has 0 radical (unpaired) electrons. The van der Waals surface area contributed by atoms with Crippen molar-refractivity contribution in [2.45, 2.75) is 37.8 Å². The number of aromatic amines is 2. The van der Waals surface area contributed by atoms with Gasteiger partial charge in [-0.15, -0.1) is 0 Å². The van der Waals surface area contributed by atoms with Gasteiger partial charge in [0.05, 0.1) is 54.0 Å². The van der Waals surface area contributed by atoms with Gasteiger partial charge in [-0.2, -0.15) is 0 Å². The molecule has 2 aliphatic rings. The number of nitrogens with zero attached hydrogens (tertiary/aromatic N) is 4. The number of benzene rings is 1. The van der Waals surface area contributed by atoms with Crippen LogP contribution < -0.4 is 10.6 Å². The number of hydrogen-bond acceptors (Lipinski definition) is 6. The molecule has 32 heavy (non-hydrogen) atoms. The molecule has 0 bridgehead atoms. The van der Waals surface area contributed by atoms with Crippen LogP contribution in [0.4, 0.5) is 0 Å². The maximum atomic E-state index is 4.64. The van der Waals surface area contributed by atoms with E-state index in [2.05, 4.69) is 64.8 Å². The van der Waals surface area contributed by atoms with Crippen molar-refractivity contribution in [1.82, 2.24) is 40.5 Å². The fraction of sp³-hybridized carbons (Fsp3) is 0.333. The molecule has 162 valence electrons. The third kappa shape index (κ3) is 3.72. The third-order valence-corrected chi connectivity index (χ3v) is 6.39. The molecular formula is C24H26N8. The second kappa shape index (κ2) is 8.29. The van der Waals surface area contributed by atoms with Gasteiger partial charge in [0.2, 0.25) is 0 Å². The van der Waals surface area contributed by atoms with Crippen LogP contribution in [0.15, 0.2) is 49.1 Å². The van der Waals surface area contributed by atoms with E-state index < -0.39 is 0 Å². The van der Waals surface area contributed by atoms with Crippen molar-refractivity contribution < 1.29 is 0 Å². The molecule has 0 unspecified atom stereocenters. The number of hydrogen-bond donors (Lipinski definition) is 4. The Kier molecular flexibility index (Phi) is 5.01. The van der Waals surface area contributed by atoms with E-state index >= 15 is 0 Å². The molecule has 5 heterocycles. The maximum Gasteiger partial charge on any atom is 0.123 e. The van der Waals surface area contributed by atoms with Crippen LogP contribution in [0.1, 0.15) is 49.4 Å². The van der Waals surface area contributed by atoms with Gasteiger partial charge in [0.1, 0.15) is 17.3 Å². The highest BCUT2D eigenvalue weighted by molar-refractivity contribution is 5.66. The van der Waals surface area contributed by atoms with Gasteiger partial charge in [-0.3, -0.25) is 9.97 Å². The Morgan fingerprint density at radius 1 is 0.594 bits per heavy atom. The minimum absolute atomic E-state index is 0.315. The van der Waals surface area contributed by atoms with Crippen molar-refractivity contribution in [2.24, 2.45) is 0 Å². The zero-order valence-corrected chi connectivity index (χ0v) is 17.8. The summed E-state index contributed by atoms with van der Waals surface area (Å²) < 4.78 is 0. The highest BCUT2D eigenvalue weighted by Crippen LogP contribution is 2.27. The first kappa shape index (κ1) is 19.3. The predicted octanol–water partition coefficient (Wildman–Crippen LogP) is 3.77. The molecule has 4 N–H and O–H groups in total. The lowest BCUT2D eigenvalue weighted by molar-refractivity contribution is 0.613. The van der Waals surface area contributed by atoms with Gasteiger partial charge in [-0.1, -0.05) is 24.3 Å². The van der Waals surface area contributed by atoms with Crippen molar-refractivity contribution in [3.63, 3.8) is 0 Å². The largest absolute Gasteiger partial charge is 0.341 e. The molecule has 1 aromatic carbocycles. The van der Waals surface area contributed by atoms with Gasteiger partial charge in [0.15, 0.2) is 0 Å². The molecule has 2 aliphatic heterocycles. The quantitative estimate of drug-likeness (QED) is 0.387. The van der Waals surface area contributed by atoms with Crippen molar-refractivity contribution in [2.75, 3.05) is 13.1 Å². The van der Waals surface area contributed by atoms with Crippen LogP contribution >= 0.6 is 0 Å². The lowest BCUT2D eigenvalue weighted by atomic mass is 10.1. The molecule has 0 amide bonds.